The number of ether oxygens (including phenoxy) is 1. The molecular weight excluding hydrogens is 416 g/mol. The van der Waals surface area contributed by atoms with E-state index in [9.17, 15) is 9.90 Å². The average Bonchev–Trinajstić information content (AvgIpc) is 3.26. The second kappa shape index (κ2) is 12.8. The van der Waals surface area contributed by atoms with Crippen LogP contribution in [0.25, 0.3) is 0 Å². The van der Waals surface area contributed by atoms with Crippen molar-refractivity contribution in [2.75, 3.05) is 19.8 Å². The van der Waals surface area contributed by atoms with E-state index in [0.717, 1.165) is 49.9 Å². The quantitative estimate of drug-likeness (QED) is 0.362. The first-order valence-electron chi connectivity index (χ1n) is 12.4. The molecule has 0 spiro atoms. The van der Waals surface area contributed by atoms with Crippen molar-refractivity contribution in [2.45, 2.75) is 84.8 Å². The number of nitrogens with one attached hydrogen (secondary N) is 1. The van der Waals surface area contributed by atoms with Crippen LogP contribution in [0.4, 0.5) is 0 Å². The molecule has 6 heteroatoms. The number of unbranched alkanes of at least 4 members (excludes halogenated alkanes) is 2. The molecule has 0 aliphatic rings. The van der Waals surface area contributed by atoms with Crippen LogP contribution < -0.4 is 10.1 Å². The highest BCUT2D eigenvalue weighted by Gasteiger charge is 2.35. The highest BCUT2D eigenvalue weighted by Crippen LogP contribution is 2.41. The highest BCUT2D eigenvalue weighted by atomic mass is 16.5. The topological polar surface area (TPSA) is 83.7 Å². The van der Waals surface area contributed by atoms with Crippen LogP contribution in [0.5, 0.6) is 5.75 Å². The molecule has 0 saturated carbocycles. The normalized spacial score (nSPS) is 12.6. The van der Waals surface area contributed by atoms with Gasteiger partial charge in [-0.25, -0.2) is 0 Å². The van der Waals surface area contributed by atoms with E-state index >= 15 is 0 Å². The number of hydrogen-bond acceptors (Lipinski definition) is 4. The van der Waals surface area contributed by atoms with E-state index in [4.69, 9.17) is 9.84 Å². The monoisotopic (exact) mass is 458 g/mol. The van der Waals surface area contributed by atoms with Gasteiger partial charge >= 0.3 is 0 Å². The fourth-order valence-electron chi connectivity index (χ4n) is 4.61. The number of aliphatic hydroxyl groups is 2. The van der Waals surface area contributed by atoms with E-state index in [0.29, 0.717) is 18.0 Å². The maximum atomic E-state index is 12.9. The van der Waals surface area contributed by atoms with Crippen LogP contribution in [0.3, 0.4) is 0 Å². The molecule has 1 aromatic heterocycles. The third-order valence-electron chi connectivity index (χ3n) is 6.66. The van der Waals surface area contributed by atoms with Gasteiger partial charge in [-0.05, 0) is 62.4 Å². The minimum Gasteiger partial charge on any atom is -0.491 e. The zero-order valence-electron chi connectivity index (χ0n) is 21.0. The maximum absolute atomic E-state index is 12.9. The van der Waals surface area contributed by atoms with Crippen LogP contribution in [0.15, 0.2) is 30.3 Å². The minimum atomic E-state index is -0.895. The number of aliphatic hydroxyl groups excluding tert-OH is 2. The molecule has 2 aromatic rings. The molecule has 1 heterocycles. The molecule has 1 unspecified atom stereocenters. The fraction of sp³-hybridized carbons (Fsp3) is 0.593. The molecule has 0 fully saturated rings. The lowest BCUT2D eigenvalue weighted by Gasteiger charge is -2.34. The summed E-state index contributed by atoms with van der Waals surface area (Å²) in [4.78, 5) is 12.9. The van der Waals surface area contributed by atoms with Crippen molar-refractivity contribution in [3.63, 3.8) is 0 Å². The summed E-state index contributed by atoms with van der Waals surface area (Å²) in [6.07, 6.45) is 4.15. The molecule has 0 bridgehead atoms. The first kappa shape index (κ1) is 26.9. The van der Waals surface area contributed by atoms with Crippen molar-refractivity contribution in [3.8, 4) is 5.75 Å². The van der Waals surface area contributed by atoms with Crippen molar-refractivity contribution in [1.82, 2.24) is 9.88 Å². The first-order chi connectivity index (χ1) is 15.9. The SMILES string of the molecule is CCCCCNC(=O)c1ccc(C(CC)(CC)c2ccc(OCC(O)CO)c(C)c2)n1CC. The lowest BCUT2D eigenvalue weighted by Crippen LogP contribution is -2.32. The van der Waals surface area contributed by atoms with Gasteiger partial charge in [0.2, 0.25) is 0 Å². The molecule has 1 aromatic carbocycles. The molecule has 0 saturated heterocycles. The van der Waals surface area contributed by atoms with Gasteiger partial charge < -0.3 is 24.8 Å². The summed E-state index contributed by atoms with van der Waals surface area (Å²) >= 11 is 0. The van der Waals surface area contributed by atoms with Crippen LogP contribution in [0, 0.1) is 6.92 Å². The van der Waals surface area contributed by atoms with Crippen LogP contribution >= 0.6 is 0 Å². The number of benzene rings is 1. The number of hydrogen-bond donors (Lipinski definition) is 3. The average molecular weight is 459 g/mol. The Balaban J connectivity index is 2.38. The number of aryl methyl sites for hydroxylation is 1. The lowest BCUT2D eigenvalue weighted by atomic mass is 9.72. The van der Waals surface area contributed by atoms with Gasteiger partial charge in [0, 0.05) is 24.2 Å². The van der Waals surface area contributed by atoms with E-state index < -0.39 is 6.10 Å². The summed E-state index contributed by atoms with van der Waals surface area (Å²) in [7, 11) is 0. The van der Waals surface area contributed by atoms with E-state index in [2.05, 4.69) is 55.8 Å². The molecule has 1 atom stereocenters. The van der Waals surface area contributed by atoms with Gasteiger partial charge in [0.1, 0.15) is 24.2 Å². The first-order valence-corrected chi connectivity index (χ1v) is 12.4. The summed E-state index contributed by atoms with van der Waals surface area (Å²) in [5.74, 6) is 0.688. The largest absolute Gasteiger partial charge is 0.491 e. The molecule has 6 nitrogen and oxygen atoms in total. The van der Waals surface area contributed by atoms with Gasteiger partial charge in [0.15, 0.2) is 0 Å². The number of carbonyl (C=O) groups excluding carboxylic acids is 1. The van der Waals surface area contributed by atoms with Gasteiger partial charge in [-0.2, -0.15) is 0 Å². The van der Waals surface area contributed by atoms with Crippen molar-refractivity contribution in [2.24, 2.45) is 0 Å². The predicted octanol–water partition coefficient (Wildman–Crippen LogP) is 4.57. The zero-order chi connectivity index (χ0) is 24.4. The molecule has 1 amide bonds. The standard InChI is InChI=1S/C27H42N2O4/c1-6-10-11-16-28-26(32)23-13-15-25(29(23)9-4)27(7-2,8-3)21-12-14-24(20(5)17-21)33-19-22(31)18-30/h12-15,17,22,30-31H,6-11,16,18-19H2,1-5H3,(H,28,32). The summed E-state index contributed by atoms with van der Waals surface area (Å²) in [5, 5.41) is 21.7. The van der Waals surface area contributed by atoms with Crippen LogP contribution in [-0.4, -0.2) is 46.5 Å². The van der Waals surface area contributed by atoms with Crippen molar-refractivity contribution < 1.29 is 19.7 Å². The molecule has 184 valence electrons. The number of rotatable bonds is 14. The molecule has 0 aliphatic heterocycles. The Hall–Kier alpha value is -2.31. The fourth-order valence-corrected chi connectivity index (χ4v) is 4.61. The van der Waals surface area contributed by atoms with Gasteiger partial charge in [-0.15, -0.1) is 0 Å². The molecular formula is C27H42N2O4. The molecule has 3 N–H and O–H groups in total. The van der Waals surface area contributed by atoms with Crippen molar-refractivity contribution in [1.29, 1.82) is 0 Å². The number of aromatic nitrogens is 1. The Kier molecular flexibility index (Phi) is 10.5. The van der Waals surface area contributed by atoms with E-state index in [1.54, 1.807) is 0 Å². The Morgan fingerprint density at radius 3 is 2.42 bits per heavy atom. The zero-order valence-corrected chi connectivity index (χ0v) is 21.0. The smallest absolute Gasteiger partial charge is 0.267 e. The van der Waals surface area contributed by atoms with E-state index in [-0.39, 0.29) is 24.5 Å². The van der Waals surface area contributed by atoms with Crippen molar-refractivity contribution >= 4 is 5.91 Å². The van der Waals surface area contributed by atoms with Gasteiger partial charge in [0.25, 0.3) is 5.91 Å². The second-order valence-corrected chi connectivity index (χ2v) is 8.73. The Labute approximate surface area is 199 Å². The summed E-state index contributed by atoms with van der Waals surface area (Å²) in [5.41, 5.74) is 3.79. The lowest BCUT2D eigenvalue weighted by molar-refractivity contribution is 0.0534. The third-order valence-corrected chi connectivity index (χ3v) is 6.66. The highest BCUT2D eigenvalue weighted by molar-refractivity contribution is 5.93. The number of carbonyl (C=O) groups is 1. The number of nitrogens with zero attached hydrogens (tertiary/aromatic N) is 1. The Morgan fingerprint density at radius 2 is 1.85 bits per heavy atom. The van der Waals surface area contributed by atoms with Gasteiger partial charge in [-0.1, -0.05) is 45.7 Å². The summed E-state index contributed by atoms with van der Waals surface area (Å²) < 4.78 is 7.85. The third kappa shape index (κ3) is 6.18. The van der Waals surface area contributed by atoms with Crippen LogP contribution in [0.1, 0.15) is 87.1 Å². The summed E-state index contributed by atoms with van der Waals surface area (Å²) in [6.45, 7) is 11.8. The molecule has 2 rings (SSSR count). The van der Waals surface area contributed by atoms with E-state index in [1.165, 1.54) is 5.56 Å². The molecule has 0 radical (unpaired) electrons. The Morgan fingerprint density at radius 1 is 1.12 bits per heavy atom. The van der Waals surface area contributed by atoms with Crippen molar-refractivity contribution in [3.05, 3.63) is 52.8 Å². The second-order valence-electron chi connectivity index (χ2n) is 8.73. The van der Waals surface area contributed by atoms with Gasteiger partial charge in [-0.3, -0.25) is 4.79 Å². The van der Waals surface area contributed by atoms with Crippen LogP contribution in [-0.2, 0) is 12.0 Å². The van der Waals surface area contributed by atoms with Gasteiger partial charge in [0.05, 0.1) is 6.61 Å². The Bertz CT molecular complexity index is 886. The molecule has 0 aliphatic carbocycles. The molecule has 33 heavy (non-hydrogen) atoms. The summed E-state index contributed by atoms with van der Waals surface area (Å²) in [6, 6.07) is 10.2. The predicted molar refractivity (Wildman–Crippen MR) is 133 cm³/mol. The number of amides is 1. The van der Waals surface area contributed by atoms with Crippen LogP contribution in [0.2, 0.25) is 0 Å². The minimum absolute atomic E-state index is 0.0114. The maximum Gasteiger partial charge on any atom is 0.267 e. The van der Waals surface area contributed by atoms with E-state index in [1.807, 2.05) is 19.1 Å².